The van der Waals surface area contributed by atoms with E-state index in [0.29, 0.717) is 15.2 Å². The van der Waals surface area contributed by atoms with Crippen LogP contribution in [0.3, 0.4) is 0 Å². The number of thioether (sulfide) groups is 1. The fourth-order valence-corrected chi connectivity index (χ4v) is 6.39. The van der Waals surface area contributed by atoms with Crippen LogP contribution in [-0.4, -0.2) is 32.5 Å². The van der Waals surface area contributed by atoms with Gasteiger partial charge in [-0.15, -0.1) is 11.3 Å². The minimum atomic E-state index is -3.46. The van der Waals surface area contributed by atoms with Crippen LogP contribution in [-0.2, 0) is 16.6 Å². The zero-order chi connectivity index (χ0) is 15.9. The number of halogens is 1. The second-order valence-corrected chi connectivity index (χ2v) is 10.2. The lowest BCUT2D eigenvalue weighted by Gasteiger charge is -2.13. The third-order valence-electron chi connectivity index (χ3n) is 2.65. The summed E-state index contributed by atoms with van der Waals surface area (Å²) in [7, 11) is -3.46. The normalized spacial score (nSPS) is 13.5. The van der Waals surface area contributed by atoms with E-state index in [1.54, 1.807) is 17.8 Å². The summed E-state index contributed by atoms with van der Waals surface area (Å²) in [6.07, 6.45) is 1.06. The summed E-state index contributed by atoms with van der Waals surface area (Å²) in [5, 5.41) is 3.28. The van der Waals surface area contributed by atoms with Gasteiger partial charge in [0.25, 0.3) is 0 Å². The Morgan fingerprint density at radius 1 is 1.43 bits per heavy atom. The molecule has 1 rings (SSSR count). The van der Waals surface area contributed by atoms with Crippen LogP contribution in [0, 0.1) is 0 Å². The Hall–Kier alpha value is 0.400. The van der Waals surface area contributed by atoms with Gasteiger partial charge in [-0.25, -0.2) is 13.1 Å². The summed E-state index contributed by atoms with van der Waals surface area (Å²) in [4.78, 5) is 1.36. The second kappa shape index (κ2) is 9.52. The van der Waals surface area contributed by atoms with E-state index in [-0.39, 0.29) is 6.04 Å². The Labute approximate surface area is 144 Å². The van der Waals surface area contributed by atoms with Crippen molar-refractivity contribution in [3.8, 4) is 0 Å². The first kappa shape index (κ1) is 19.4. The lowest BCUT2D eigenvalue weighted by molar-refractivity contribution is 0.571. The molecule has 0 aliphatic heterocycles. The molecule has 1 unspecified atom stereocenters. The van der Waals surface area contributed by atoms with Crippen molar-refractivity contribution in [1.29, 1.82) is 0 Å². The maximum absolute atomic E-state index is 12.4. The van der Waals surface area contributed by atoms with Crippen molar-refractivity contribution < 1.29 is 8.42 Å². The van der Waals surface area contributed by atoms with Gasteiger partial charge >= 0.3 is 0 Å². The molecule has 4 nitrogen and oxygen atoms in total. The average Bonchev–Trinajstić information content (AvgIpc) is 2.78. The van der Waals surface area contributed by atoms with Crippen molar-refractivity contribution in [2.75, 3.05) is 18.1 Å². The maximum Gasteiger partial charge on any atom is 0.242 e. The molecule has 0 amide bonds. The SMILES string of the molecule is CCCNCc1cc(S(=O)(=O)NC(C)CSCC)c(Br)s1. The number of hydrogen-bond acceptors (Lipinski definition) is 5. The van der Waals surface area contributed by atoms with E-state index in [9.17, 15) is 8.42 Å². The summed E-state index contributed by atoms with van der Waals surface area (Å²) in [5.41, 5.74) is 0. The largest absolute Gasteiger partial charge is 0.312 e. The highest BCUT2D eigenvalue weighted by atomic mass is 79.9. The number of sulfonamides is 1. The quantitative estimate of drug-likeness (QED) is 0.575. The lowest BCUT2D eigenvalue weighted by atomic mass is 10.4. The molecule has 0 bridgehead atoms. The van der Waals surface area contributed by atoms with E-state index in [1.807, 2.05) is 6.92 Å². The van der Waals surface area contributed by atoms with E-state index in [1.165, 1.54) is 11.3 Å². The topological polar surface area (TPSA) is 58.2 Å². The molecule has 0 saturated heterocycles. The van der Waals surface area contributed by atoms with Gasteiger partial charge in [0.05, 0.1) is 3.79 Å². The van der Waals surface area contributed by atoms with Gasteiger partial charge in [0.2, 0.25) is 10.0 Å². The van der Waals surface area contributed by atoms with Gasteiger partial charge in [0.15, 0.2) is 0 Å². The lowest BCUT2D eigenvalue weighted by Crippen LogP contribution is -2.34. The highest BCUT2D eigenvalue weighted by Gasteiger charge is 2.22. The second-order valence-electron chi connectivity index (χ2n) is 4.71. The number of rotatable bonds is 10. The molecule has 0 saturated carbocycles. The van der Waals surface area contributed by atoms with Gasteiger partial charge in [-0.2, -0.15) is 11.8 Å². The highest BCUT2D eigenvalue weighted by Crippen LogP contribution is 2.31. The van der Waals surface area contributed by atoms with Gasteiger partial charge < -0.3 is 5.32 Å². The van der Waals surface area contributed by atoms with Crippen LogP contribution in [0.1, 0.15) is 32.1 Å². The standard InChI is InChI=1S/C13H23BrN2O2S3/c1-4-6-15-8-11-7-12(13(14)20-11)21(17,18)16-10(3)9-19-5-2/h7,10,15-16H,4-6,8-9H2,1-3H3. The highest BCUT2D eigenvalue weighted by molar-refractivity contribution is 9.11. The molecule has 2 N–H and O–H groups in total. The number of hydrogen-bond donors (Lipinski definition) is 2. The first-order chi connectivity index (χ1) is 9.90. The van der Waals surface area contributed by atoms with Crippen LogP contribution in [0.2, 0.25) is 0 Å². The van der Waals surface area contributed by atoms with Crippen LogP contribution in [0.4, 0.5) is 0 Å². The summed E-state index contributed by atoms with van der Waals surface area (Å²) < 4.78 is 28.2. The predicted molar refractivity (Wildman–Crippen MR) is 96.8 cm³/mol. The monoisotopic (exact) mass is 414 g/mol. The van der Waals surface area contributed by atoms with E-state index in [0.717, 1.165) is 29.3 Å². The van der Waals surface area contributed by atoms with Crippen LogP contribution < -0.4 is 10.0 Å². The third kappa shape index (κ3) is 6.58. The molecule has 1 aromatic rings. The molecule has 1 atom stereocenters. The molecule has 0 aliphatic carbocycles. The summed E-state index contributed by atoms with van der Waals surface area (Å²) in [6, 6.07) is 1.67. The van der Waals surface area contributed by atoms with Crippen LogP contribution in [0.15, 0.2) is 14.7 Å². The molecule has 1 heterocycles. The summed E-state index contributed by atoms with van der Waals surface area (Å²) >= 11 is 6.57. The molecule has 0 radical (unpaired) electrons. The molecule has 0 fully saturated rings. The minimum Gasteiger partial charge on any atom is -0.312 e. The van der Waals surface area contributed by atoms with E-state index in [2.05, 4.69) is 39.8 Å². The van der Waals surface area contributed by atoms with Crippen LogP contribution in [0.25, 0.3) is 0 Å². The smallest absolute Gasteiger partial charge is 0.242 e. The molecule has 8 heteroatoms. The average molecular weight is 415 g/mol. The molecule has 122 valence electrons. The molecular formula is C13H23BrN2O2S3. The van der Waals surface area contributed by atoms with E-state index < -0.39 is 10.0 Å². The fraction of sp³-hybridized carbons (Fsp3) is 0.692. The third-order valence-corrected chi connectivity index (χ3v) is 7.64. The van der Waals surface area contributed by atoms with Gasteiger partial charge in [0.1, 0.15) is 4.90 Å². The van der Waals surface area contributed by atoms with Crippen molar-refractivity contribution in [2.24, 2.45) is 0 Å². The van der Waals surface area contributed by atoms with E-state index >= 15 is 0 Å². The van der Waals surface area contributed by atoms with E-state index in [4.69, 9.17) is 0 Å². The maximum atomic E-state index is 12.4. The van der Waals surface area contributed by atoms with Gasteiger partial charge in [-0.1, -0.05) is 13.8 Å². The molecule has 0 spiro atoms. The zero-order valence-electron chi connectivity index (χ0n) is 12.6. The van der Waals surface area contributed by atoms with Crippen LogP contribution >= 0.6 is 39.0 Å². The van der Waals surface area contributed by atoms with Gasteiger partial charge in [-0.05, 0) is 47.6 Å². The Morgan fingerprint density at radius 3 is 2.76 bits per heavy atom. The van der Waals surface area contributed by atoms with Crippen molar-refractivity contribution in [2.45, 2.75) is 44.7 Å². The summed E-state index contributed by atoms with van der Waals surface area (Å²) in [5.74, 6) is 1.77. The Balaban J connectivity index is 2.74. The molecule has 21 heavy (non-hydrogen) atoms. The predicted octanol–water partition coefficient (Wildman–Crippen LogP) is 3.43. The first-order valence-electron chi connectivity index (χ1n) is 6.99. The Kier molecular flexibility index (Phi) is 8.82. The summed E-state index contributed by atoms with van der Waals surface area (Å²) in [6.45, 7) is 7.70. The molecule has 1 aromatic heterocycles. The van der Waals surface area contributed by atoms with Gasteiger partial charge in [-0.3, -0.25) is 0 Å². The number of thiophene rings is 1. The van der Waals surface area contributed by atoms with Crippen LogP contribution in [0.5, 0.6) is 0 Å². The van der Waals surface area contributed by atoms with Gasteiger partial charge in [0, 0.05) is 23.2 Å². The Bertz CT molecular complexity index is 532. The fourth-order valence-electron chi connectivity index (χ4n) is 1.71. The van der Waals surface area contributed by atoms with Crippen molar-refractivity contribution in [3.63, 3.8) is 0 Å². The first-order valence-corrected chi connectivity index (χ1v) is 11.2. The van der Waals surface area contributed by atoms with Crippen molar-refractivity contribution in [3.05, 3.63) is 14.7 Å². The minimum absolute atomic E-state index is 0.0755. The number of nitrogens with one attached hydrogen (secondary N) is 2. The van der Waals surface area contributed by atoms with Crippen molar-refractivity contribution in [1.82, 2.24) is 10.0 Å². The Morgan fingerprint density at radius 2 is 2.14 bits per heavy atom. The molecule has 0 aromatic carbocycles. The molecular weight excluding hydrogens is 392 g/mol. The molecule has 0 aliphatic rings. The zero-order valence-corrected chi connectivity index (χ0v) is 16.6. The van der Waals surface area contributed by atoms with Crippen molar-refractivity contribution >= 4 is 49.1 Å².